The second kappa shape index (κ2) is 9.52. The molecule has 1 atom stereocenters. The zero-order valence-corrected chi connectivity index (χ0v) is 19.2. The van der Waals surface area contributed by atoms with Gasteiger partial charge < -0.3 is 20.1 Å². The van der Waals surface area contributed by atoms with Crippen LogP contribution in [0.3, 0.4) is 0 Å². The van der Waals surface area contributed by atoms with Crippen LogP contribution in [0.2, 0.25) is 0 Å². The SMILES string of the molecule is Cc1noc(=O)c2ccc(NC(=O)C(O)(C#Cc3ccc(C(F)(F)F)cc3)CC(C)(C)CO)cc12. The highest BCUT2D eigenvalue weighted by atomic mass is 19.4. The van der Waals surface area contributed by atoms with Crippen molar-refractivity contribution < 1.29 is 32.7 Å². The third kappa shape index (κ3) is 6.07. The van der Waals surface area contributed by atoms with Gasteiger partial charge in [-0.3, -0.25) is 4.79 Å². The quantitative estimate of drug-likeness (QED) is 0.473. The molecular formula is C25H23F3N2O5. The van der Waals surface area contributed by atoms with Crippen LogP contribution < -0.4 is 10.9 Å². The van der Waals surface area contributed by atoms with E-state index in [2.05, 4.69) is 26.8 Å². The average molecular weight is 488 g/mol. The van der Waals surface area contributed by atoms with Gasteiger partial charge in [-0.1, -0.05) is 30.8 Å². The highest BCUT2D eigenvalue weighted by Gasteiger charge is 2.40. The molecule has 3 aromatic rings. The van der Waals surface area contributed by atoms with E-state index in [1.54, 1.807) is 20.8 Å². The molecule has 0 fully saturated rings. The van der Waals surface area contributed by atoms with E-state index in [4.69, 9.17) is 0 Å². The lowest BCUT2D eigenvalue weighted by Crippen LogP contribution is -2.46. The molecule has 184 valence electrons. The van der Waals surface area contributed by atoms with Gasteiger partial charge in [0.1, 0.15) is 0 Å². The molecule has 0 saturated carbocycles. The number of aromatic nitrogens is 1. The summed E-state index contributed by atoms with van der Waals surface area (Å²) < 4.78 is 43.1. The molecule has 0 aliphatic carbocycles. The Hall–Kier alpha value is -3.68. The predicted molar refractivity (Wildman–Crippen MR) is 122 cm³/mol. The van der Waals surface area contributed by atoms with Crippen LogP contribution in [0.4, 0.5) is 18.9 Å². The summed E-state index contributed by atoms with van der Waals surface area (Å²) in [4.78, 5) is 25.0. The van der Waals surface area contributed by atoms with Crippen molar-refractivity contribution in [2.24, 2.45) is 5.41 Å². The van der Waals surface area contributed by atoms with Crippen molar-refractivity contribution in [3.63, 3.8) is 0 Å². The van der Waals surface area contributed by atoms with Gasteiger partial charge in [0.2, 0.25) is 5.60 Å². The molecule has 1 heterocycles. The fraction of sp³-hybridized carbons (Fsp3) is 0.320. The Morgan fingerprint density at radius 1 is 1.11 bits per heavy atom. The molecule has 0 aliphatic rings. The number of rotatable bonds is 5. The van der Waals surface area contributed by atoms with Crippen LogP contribution in [-0.2, 0) is 11.0 Å². The third-order valence-corrected chi connectivity index (χ3v) is 5.32. The first-order valence-electron chi connectivity index (χ1n) is 10.5. The minimum Gasteiger partial charge on any atom is -0.396 e. The number of aliphatic hydroxyl groups is 2. The number of aryl methyl sites for hydroxylation is 1. The minimum absolute atomic E-state index is 0.158. The molecule has 3 rings (SSSR count). The van der Waals surface area contributed by atoms with Crippen molar-refractivity contribution in [1.82, 2.24) is 5.16 Å². The molecule has 1 amide bonds. The number of benzene rings is 2. The summed E-state index contributed by atoms with van der Waals surface area (Å²) in [5.74, 6) is 4.10. The standard InChI is InChI=1S/C25H23F3N2O5/c1-15-20-12-18(8-9-19(20)21(32)35-30-15)29-22(33)24(34,13-23(2,3)14-31)11-10-16-4-6-17(7-5-16)25(26,27)28/h4-9,12,31,34H,13-14H2,1-3H3,(H,29,33). The average Bonchev–Trinajstić information content (AvgIpc) is 2.79. The number of carbonyl (C=O) groups excluding carboxylic acids is 1. The molecule has 0 bridgehead atoms. The number of nitrogens with one attached hydrogen (secondary N) is 1. The molecule has 1 aromatic heterocycles. The van der Waals surface area contributed by atoms with Gasteiger partial charge >= 0.3 is 11.8 Å². The van der Waals surface area contributed by atoms with Crippen LogP contribution in [0, 0.1) is 24.2 Å². The Kier molecular flexibility index (Phi) is 7.06. The van der Waals surface area contributed by atoms with E-state index in [9.17, 15) is 33.0 Å². The number of aliphatic hydroxyl groups excluding tert-OH is 1. The summed E-state index contributed by atoms with van der Waals surface area (Å²) in [5, 5.41) is 27.8. The van der Waals surface area contributed by atoms with Crippen LogP contribution in [-0.4, -0.2) is 33.5 Å². The number of nitrogens with zero attached hydrogens (tertiary/aromatic N) is 1. The van der Waals surface area contributed by atoms with Crippen LogP contribution >= 0.6 is 0 Å². The molecule has 2 aromatic carbocycles. The number of amides is 1. The summed E-state index contributed by atoms with van der Waals surface area (Å²) in [5.41, 5.74) is -3.90. The second-order valence-corrected chi connectivity index (χ2v) is 8.95. The third-order valence-electron chi connectivity index (χ3n) is 5.32. The Bertz CT molecular complexity index is 1370. The van der Waals surface area contributed by atoms with Gasteiger partial charge in [0, 0.05) is 29.7 Å². The monoisotopic (exact) mass is 488 g/mol. The lowest BCUT2D eigenvalue weighted by atomic mass is 9.80. The summed E-state index contributed by atoms with van der Waals surface area (Å²) >= 11 is 0. The topological polar surface area (TPSA) is 113 Å². The normalized spacial score (nSPS) is 13.6. The fourth-order valence-corrected chi connectivity index (χ4v) is 3.39. The van der Waals surface area contributed by atoms with Crippen LogP contribution in [0.15, 0.2) is 51.8 Å². The van der Waals surface area contributed by atoms with Crippen molar-refractivity contribution in [2.75, 3.05) is 11.9 Å². The van der Waals surface area contributed by atoms with E-state index in [1.807, 2.05) is 0 Å². The molecular weight excluding hydrogens is 465 g/mol. The van der Waals surface area contributed by atoms with Crippen molar-refractivity contribution in [3.05, 3.63) is 69.7 Å². The van der Waals surface area contributed by atoms with Crippen LogP contribution in [0.5, 0.6) is 0 Å². The largest absolute Gasteiger partial charge is 0.416 e. The highest BCUT2D eigenvalue weighted by molar-refractivity contribution is 6.01. The molecule has 0 radical (unpaired) electrons. The van der Waals surface area contributed by atoms with Crippen molar-refractivity contribution >= 4 is 22.4 Å². The lowest BCUT2D eigenvalue weighted by Gasteiger charge is -2.30. The smallest absolute Gasteiger partial charge is 0.396 e. The first-order chi connectivity index (χ1) is 16.2. The first-order valence-corrected chi connectivity index (χ1v) is 10.5. The van der Waals surface area contributed by atoms with Gasteiger partial charge in [-0.2, -0.15) is 13.2 Å². The maximum Gasteiger partial charge on any atom is 0.416 e. The van der Waals surface area contributed by atoms with Gasteiger partial charge in [0.15, 0.2) is 0 Å². The Labute approximate surface area is 198 Å². The van der Waals surface area contributed by atoms with Gasteiger partial charge in [-0.15, -0.1) is 0 Å². The summed E-state index contributed by atoms with van der Waals surface area (Å²) in [6.07, 6.45) is -4.78. The van der Waals surface area contributed by atoms with Crippen LogP contribution in [0.25, 0.3) is 10.8 Å². The molecule has 7 nitrogen and oxygen atoms in total. The van der Waals surface area contributed by atoms with E-state index >= 15 is 0 Å². The summed E-state index contributed by atoms with van der Waals surface area (Å²) in [6.45, 7) is 4.50. The zero-order chi connectivity index (χ0) is 26.0. The van der Waals surface area contributed by atoms with Gasteiger partial charge in [-0.05, 0) is 54.8 Å². The van der Waals surface area contributed by atoms with Gasteiger partial charge in [0.05, 0.1) is 16.6 Å². The van der Waals surface area contributed by atoms with Crippen molar-refractivity contribution in [3.8, 4) is 11.8 Å². The lowest BCUT2D eigenvalue weighted by molar-refractivity contribution is -0.137. The Morgan fingerprint density at radius 3 is 2.37 bits per heavy atom. The van der Waals surface area contributed by atoms with E-state index in [1.165, 1.54) is 18.2 Å². The Morgan fingerprint density at radius 2 is 1.77 bits per heavy atom. The molecule has 35 heavy (non-hydrogen) atoms. The summed E-state index contributed by atoms with van der Waals surface area (Å²) in [7, 11) is 0. The van der Waals surface area contributed by atoms with Crippen molar-refractivity contribution in [2.45, 2.75) is 39.0 Å². The van der Waals surface area contributed by atoms with E-state index < -0.39 is 34.3 Å². The highest BCUT2D eigenvalue weighted by Crippen LogP contribution is 2.30. The van der Waals surface area contributed by atoms with E-state index in [0.717, 1.165) is 24.3 Å². The number of hydrogen-bond donors (Lipinski definition) is 3. The molecule has 10 heteroatoms. The number of anilines is 1. The zero-order valence-electron chi connectivity index (χ0n) is 19.2. The Balaban J connectivity index is 1.95. The molecule has 0 saturated heterocycles. The van der Waals surface area contributed by atoms with Crippen LogP contribution in [0.1, 0.15) is 37.1 Å². The van der Waals surface area contributed by atoms with E-state index in [0.29, 0.717) is 11.1 Å². The number of carbonyl (C=O) groups is 1. The number of fused-ring (bicyclic) bond motifs is 1. The number of halogens is 3. The maximum atomic E-state index is 13.1. The number of hydrogen-bond acceptors (Lipinski definition) is 6. The maximum absolute atomic E-state index is 13.1. The minimum atomic E-state index is -4.51. The summed E-state index contributed by atoms with van der Waals surface area (Å²) in [6, 6.07) is 8.35. The van der Waals surface area contributed by atoms with Crippen molar-refractivity contribution in [1.29, 1.82) is 0 Å². The molecule has 3 N–H and O–H groups in total. The molecule has 1 unspecified atom stereocenters. The first kappa shape index (κ1) is 25.9. The molecule has 0 spiro atoms. The predicted octanol–water partition coefficient (Wildman–Crippen LogP) is 3.65. The van der Waals surface area contributed by atoms with E-state index in [-0.39, 0.29) is 29.7 Å². The number of alkyl halides is 3. The molecule has 0 aliphatic heterocycles. The second-order valence-electron chi connectivity index (χ2n) is 8.95. The van der Waals surface area contributed by atoms with Gasteiger partial charge in [-0.25, -0.2) is 4.79 Å². The fourth-order valence-electron chi connectivity index (χ4n) is 3.39. The van der Waals surface area contributed by atoms with Gasteiger partial charge in [0.25, 0.3) is 5.91 Å².